The second kappa shape index (κ2) is 12.6. The quantitative estimate of drug-likeness (QED) is 0.410. The first-order chi connectivity index (χ1) is 17.3. The number of ether oxygens (including phenoxy) is 2. The van der Waals surface area contributed by atoms with Crippen LogP contribution < -0.4 is 19.1 Å². The van der Waals surface area contributed by atoms with Crippen LogP contribution in [0.3, 0.4) is 0 Å². The molecule has 0 radical (unpaired) electrons. The summed E-state index contributed by atoms with van der Waals surface area (Å²) in [6.45, 7) is 5.64. The van der Waals surface area contributed by atoms with Crippen LogP contribution in [0.4, 0.5) is 5.69 Å². The highest BCUT2D eigenvalue weighted by Gasteiger charge is 2.31. The average Bonchev–Trinajstić information content (AvgIpc) is 3.35. The van der Waals surface area contributed by atoms with E-state index in [0.29, 0.717) is 30.2 Å². The zero-order valence-corrected chi connectivity index (χ0v) is 21.9. The summed E-state index contributed by atoms with van der Waals surface area (Å²) < 4.78 is 37.8. The summed E-state index contributed by atoms with van der Waals surface area (Å²) in [6, 6.07) is 13.6. The fourth-order valence-corrected chi connectivity index (χ4v) is 4.92. The van der Waals surface area contributed by atoms with Crippen LogP contribution in [-0.2, 0) is 26.0 Å². The van der Waals surface area contributed by atoms with Gasteiger partial charge in [0.2, 0.25) is 28.6 Å². The Labute approximate surface area is 213 Å². The molecule has 0 spiro atoms. The molecule has 0 saturated heterocycles. The Hall–Kier alpha value is -3.27. The highest BCUT2D eigenvalue weighted by Crippen LogP contribution is 2.36. The molecule has 3 rings (SSSR count). The number of fused-ring (bicyclic) bond motifs is 1. The lowest BCUT2D eigenvalue weighted by molar-refractivity contribution is -0.138. The lowest BCUT2D eigenvalue weighted by atomic mass is 10.1. The molecule has 2 amide bonds. The van der Waals surface area contributed by atoms with Crippen molar-refractivity contribution in [3.05, 3.63) is 54.1 Å². The molecule has 0 saturated carbocycles. The molecule has 9 nitrogen and oxygen atoms in total. The van der Waals surface area contributed by atoms with Gasteiger partial charge in [-0.05, 0) is 44.4 Å². The smallest absolute Gasteiger partial charge is 0.244 e. The van der Waals surface area contributed by atoms with Crippen LogP contribution >= 0.6 is 0 Å². The van der Waals surface area contributed by atoms with Crippen molar-refractivity contribution in [3.63, 3.8) is 0 Å². The van der Waals surface area contributed by atoms with Crippen molar-refractivity contribution in [1.29, 1.82) is 0 Å². The fraction of sp³-hybridized carbons (Fsp3) is 0.462. The summed E-state index contributed by atoms with van der Waals surface area (Å²) in [5.74, 6) is 0.0180. The van der Waals surface area contributed by atoms with Crippen LogP contribution in [0.1, 0.15) is 39.2 Å². The van der Waals surface area contributed by atoms with E-state index >= 15 is 0 Å². The zero-order chi connectivity index (χ0) is 26.1. The van der Waals surface area contributed by atoms with Crippen molar-refractivity contribution >= 4 is 27.5 Å². The molecule has 10 heteroatoms. The number of rotatable bonds is 13. The summed E-state index contributed by atoms with van der Waals surface area (Å²) in [5, 5.41) is 2.88. The number of carbonyl (C=O) groups excluding carboxylic acids is 2. The van der Waals surface area contributed by atoms with Gasteiger partial charge < -0.3 is 19.7 Å². The van der Waals surface area contributed by atoms with Gasteiger partial charge in [-0.25, -0.2) is 8.42 Å². The topological polar surface area (TPSA) is 105 Å². The molecule has 1 N–H and O–H groups in total. The molecular formula is C26H35N3O6S. The summed E-state index contributed by atoms with van der Waals surface area (Å²) in [7, 11) is -3.80. The van der Waals surface area contributed by atoms with E-state index in [9.17, 15) is 18.0 Å². The third kappa shape index (κ3) is 6.90. The molecule has 2 aromatic carbocycles. The van der Waals surface area contributed by atoms with Gasteiger partial charge in [-0.3, -0.25) is 13.9 Å². The maximum atomic E-state index is 13.6. The van der Waals surface area contributed by atoms with Gasteiger partial charge in [0, 0.05) is 19.2 Å². The number of nitrogens with one attached hydrogen (secondary N) is 1. The van der Waals surface area contributed by atoms with Gasteiger partial charge >= 0.3 is 0 Å². The molecule has 0 fully saturated rings. The van der Waals surface area contributed by atoms with Crippen LogP contribution in [0, 0.1) is 0 Å². The van der Waals surface area contributed by atoms with Crippen molar-refractivity contribution in [2.75, 3.05) is 36.5 Å². The van der Waals surface area contributed by atoms with Gasteiger partial charge in [-0.15, -0.1) is 0 Å². The van der Waals surface area contributed by atoms with Gasteiger partial charge in [0.05, 0.1) is 11.4 Å². The second-order valence-corrected chi connectivity index (χ2v) is 10.8. The number of carbonyl (C=O) groups is 2. The molecule has 1 aliphatic rings. The largest absolute Gasteiger partial charge is 0.454 e. The molecule has 0 aliphatic carbocycles. The zero-order valence-electron chi connectivity index (χ0n) is 21.1. The molecule has 1 heterocycles. The van der Waals surface area contributed by atoms with E-state index in [2.05, 4.69) is 5.32 Å². The SMILES string of the molecule is CCCCNC(=O)[C@H](C)N(CCc1ccccc1)C(=O)CN(c1ccc2c(c1)OCO2)S(=O)(=O)CC. The van der Waals surface area contributed by atoms with Gasteiger partial charge in [0.15, 0.2) is 11.5 Å². The highest BCUT2D eigenvalue weighted by molar-refractivity contribution is 7.92. The monoisotopic (exact) mass is 517 g/mol. The van der Waals surface area contributed by atoms with Gasteiger partial charge in [-0.2, -0.15) is 0 Å². The lowest BCUT2D eigenvalue weighted by Crippen LogP contribution is -2.52. The third-order valence-electron chi connectivity index (χ3n) is 6.10. The summed E-state index contributed by atoms with van der Waals surface area (Å²) in [4.78, 5) is 27.9. The van der Waals surface area contributed by atoms with Crippen LogP contribution in [0.2, 0.25) is 0 Å². The summed E-state index contributed by atoms with van der Waals surface area (Å²) >= 11 is 0. The van der Waals surface area contributed by atoms with Gasteiger partial charge in [-0.1, -0.05) is 43.7 Å². The Kier molecular flexibility index (Phi) is 9.58. The second-order valence-electron chi connectivity index (χ2n) is 8.59. The average molecular weight is 518 g/mol. The molecule has 0 bridgehead atoms. The number of anilines is 1. The molecule has 36 heavy (non-hydrogen) atoms. The Morgan fingerprint density at radius 1 is 1.06 bits per heavy atom. The fourth-order valence-electron chi connectivity index (χ4n) is 3.87. The van der Waals surface area contributed by atoms with E-state index in [1.807, 2.05) is 37.3 Å². The van der Waals surface area contributed by atoms with Crippen LogP contribution in [0.5, 0.6) is 11.5 Å². The molecule has 0 aromatic heterocycles. The van der Waals surface area contributed by atoms with E-state index in [1.54, 1.807) is 25.1 Å². The van der Waals surface area contributed by atoms with Crippen molar-refractivity contribution in [2.24, 2.45) is 0 Å². The normalized spacial score (nSPS) is 13.2. The van der Waals surface area contributed by atoms with Gasteiger partial charge in [0.25, 0.3) is 0 Å². The van der Waals surface area contributed by atoms with Crippen molar-refractivity contribution in [3.8, 4) is 11.5 Å². The summed E-state index contributed by atoms with van der Waals surface area (Å²) in [5.41, 5.74) is 1.32. The van der Waals surface area contributed by atoms with Crippen LogP contribution in [-0.4, -0.2) is 63.4 Å². The minimum absolute atomic E-state index is 0.0518. The highest BCUT2D eigenvalue weighted by atomic mass is 32.2. The molecule has 1 atom stereocenters. The third-order valence-corrected chi connectivity index (χ3v) is 7.85. The van der Waals surface area contributed by atoms with Gasteiger partial charge in [0.1, 0.15) is 12.6 Å². The Bertz CT molecular complexity index is 1140. The Balaban J connectivity index is 1.85. The number of sulfonamides is 1. The van der Waals surface area contributed by atoms with Crippen LogP contribution in [0.15, 0.2) is 48.5 Å². The molecule has 1 aliphatic heterocycles. The molecule has 0 unspecified atom stereocenters. The predicted octanol–water partition coefficient (Wildman–Crippen LogP) is 2.95. The first-order valence-corrected chi connectivity index (χ1v) is 13.9. The Morgan fingerprint density at radius 3 is 2.47 bits per heavy atom. The maximum absolute atomic E-state index is 13.6. The Morgan fingerprint density at radius 2 is 1.78 bits per heavy atom. The van der Waals surface area contributed by atoms with E-state index in [0.717, 1.165) is 22.7 Å². The number of unbranched alkanes of at least 4 members (excludes halogenated alkanes) is 1. The predicted molar refractivity (Wildman–Crippen MR) is 139 cm³/mol. The number of amides is 2. The van der Waals surface area contributed by atoms with E-state index < -0.39 is 28.5 Å². The van der Waals surface area contributed by atoms with Crippen molar-refractivity contribution < 1.29 is 27.5 Å². The van der Waals surface area contributed by atoms with Crippen molar-refractivity contribution in [2.45, 2.75) is 46.1 Å². The van der Waals surface area contributed by atoms with Crippen LogP contribution in [0.25, 0.3) is 0 Å². The van der Waals surface area contributed by atoms with E-state index in [-0.39, 0.29) is 25.0 Å². The summed E-state index contributed by atoms with van der Waals surface area (Å²) in [6.07, 6.45) is 2.30. The number of benzene rings is 2. The number of nitrogens with zero attached hydrogens (tertiary/aromatic N) is 2. The number of hydrogen-bond donors (Lipinski definition) is 1. The maximum Gasteiger partial charge on any atom is 0.244 e. The lowest BCUT2D eigenvalue weighted by Gasteiger charge is -2.32. The van der Waals surface area contributed by atoms with Crippen molar-refractivity contribution in [1.82, 2.24) is 10.2 Å². The first-order valence-electron chi connectivity index (χ1n) is 12.3. The standard InChI is InChI=1S/C26H35N3O6S/c1-4-6-15-27-26(31)20(3)28(16-14-21-10-8-7-9-11-21)25(30)18-29(36(32,33)5-2)22-12-13-23-24(17-22)35-19-34-23/h7-13,17,20H,4-6,14-16,18-19H2,1-3H3,(H,27,31)/t20-/m0/s1. The number of hydrogen-bond acceptors (Lipinski definition) is 6. The minimum Gasteiger partial charge on any atom is -0.454 e. The molecule has 196 valence electrons. The first kappa shape index (κ1) is 27.3. The van der Waals surface area contributed by atoms with E-state index in [1.165, 1.54) is 11.8 Å². The molecular weight excluding hydrogens is 482 g/mol. The molecule has 2 aromatic rings. The van der Waals surface area contributed by atoms with E-state index in [4.69, 9.17) is 9.47 Å². The minimum atomic E-state index is -3.80.